The van der Waals surface area contributed by atoms with Gasteiger partial charge in [-0.1, -0.05) is 35.9 Å². The highest BCUT2D eigenvalue weighted by Gasteiger charge is 2.12. The minimum atomic E-state index is -0.539. The van der Waals surface area contributed by atoms with E-state index in [0.717, 1.165) is 5.56 Å². The molecule has 0 heterocycles. The van der Waals surface area contributed by atoms with E-state index in [1.165, 1.54) is 24.3 Å². The molecule has 3 rings (SSSR count). The van der Waals surface area contributed by atoms with Gasteiger partial charge in [-0.2, -0.15) is 5.26 Å². The first kappa shape index (κ1) is 23.7. The molecule has 0 spiro atoms. The SMILES string of the molecule is Cc1ccc(NC(=O)/C(C#N)=C\c2ccc(OCC(=O)Nc3ccccc3F)c(Br)c2)cc1. The van der Waals surface area contributed by atoms with Gasteiger partial charge >= 0.3 is 0 Å². The number of anilines is 2. The third kappa shape index (κ3) is 6.76. The van der Waals surface area contributed by atoms with Crippen LogP contribution in [-0.4, -0.2) is 18.4 Å². The summed E-state index contributed by atoms with van der Waals surface area (Å²) in [4.78, 5) is 24.5. The predicted octanol–water partition coefficient (Wildman–Crippen LogP) is 5.46. The van der Waals surface area contributed by atoms with Crippen LogP contribution < -0.4 is 15.4 Å². The molecule has 0 aromatic heterocycles. The number of carbonyl (C=O) groups excluding carboxylic acids is 2. The number of nitrogens with zero attached hydrogens (tertiary/aromatic N) is 1. The molecule has 3 aromatic carbocycles. The highest BCUT2D eigenvalue weighted by atomic mass is 79.9. The molecule has 2 amide bonds. The minimum Gasteiger partial charge on any atom is -0.483 e. The normalized spacial score (nSPS) is 10.8. The van der Waals surface area contributed by atoms with Crippen LogP contribution in [0, 0.1) is 24.1 Å². The number of hydrogen-bond donors (Lipinski definition) is 2. The van der Waals surface area contributed by atoms with Crippen LogP contribution in [-0.2, 0) is 9.59 Å². The second-order valence-electron chi connectivity index (χ2n) is 7.00. The summed E-state index contributed by atoms with van der Waals surface area (Å²) in [5.41, 5.74) is 2.23. The summed E-state index contributed by atoms with van der Waals surface area (Å²) in [5.74, 6) is -1.21. The third-order valence-corrected chi connectivity index (χ3v) is 5.07. The lowest BCUT2D eigenvalue weighted by Crippen LogP contribution is -2.20. The fraction of sp³-hybridized carbons (Fsp3) is 0.0800. The van der Waals surface area contributed by atoms with Crippen molar-refractivity contribution in [2.24, 2.45) is 0 Å². The molecule has 33 heavy (non-hydrogen) atoms. The van der Waals surface area contributed by atoms with Gasteiger partial charge in [-0.3, -0.25) is 9.59 Å². The number of halogens is 2. The molecule has 2 N–H and O–H groups in total. The zero-order valence-electron chi connectivity index (χ0n) is 17.6. The maximum atomic E-state index is 13.6. The number of benzene rings is 3. The Balaban J connectivity index is 1.63. The molecule has 0 aliphatic heterocycles. The van der Waals surface area contributed by atoms with Crippen LogP contribution in [0.1, 0.15) is 11.1 Å². The molecule has 0 atom stereocenters. The molecule has 0 radical (unpaired) electrons. The quantitative estimate of drug-likeness (QED) is 0.328. The second kappa shape index (κ2) is 11.1. The van der Waals surface area contributed by atoms with E-state index in [4.69, 9.17) is 4.74 Å². The minimum absolute atomic E-state index is 0.0681. The van der Waals surface area contributed by atoms with Gasteiger partial charge in [0, 0.05) is 5.69 Å². The summed E-state index contributed by atoms with van der Waals surface area (Å²) in [6.45, 7) is 1.61. The topological polar surface area (TPSA) is 91.2 Å². The van der Waals surface area contributed by atoms with Crippen LogP contribution in [0.25, 0.3) is 6.08 Å². The highest BCUT2D eigenvalue weighted by Crippen LogP contribution is 2.27. The highest BCUT2D eigenvalue weighted by molar-refractivity contribution is 9.10. The fourth-order valence-corrected chi connectivity index (χ4v) is 3.28. The van der Waals surface area contributed by atoms with E-state index in [1.54, 1.807) is 36.4 Å². The number of amides is 2. The van der Waals surface area contributed by atoms with Crippen molar-refractivity contribution >= 4 is 45.2 Å². The van der Waals surface area contributed by atoms with Crippen molar-refractivity contribution in [3.05, 3.63) is 93.7 Å². The van der Waals surface area contributed by atoms with Crippen molar-refractivity contribution < 1.29 is 18.7 Å². The van der Waals surface area contributed by atoms with Gasteiger partial charge in [0.25, 0.3) is 11.8 Å². The Morgan fingerprint density at radius 2 is 1.82 bits per heavy atom. The Morgan fingerprint density at radius 1 is 1.09 bits per heavy atom. The maximum Gasteiger partial charge on any atom is 0.266 e. The Morgan fingerprint density at radius 3 is 2.48 bits per heavy atom. The fourth-order valence-electron chi connectivity index (χ4n) is 2.77. The molecule has 0 saturated carbocycles. The summed E-state index contributed by atoms with van der Waals surface area (Å²) in [6.07, 6.45) is 1.45. The lowest BCUT2D eigenvalue weighted by Gasteiger charge is -2.10. The lowest BCUT2D eigenvalue weighted by atomic mass is 10.1. The molecule has 0 bridgehead atoms. The number of ether oxygens (including phenoxy) is 1. The number of aryl methyl sites for hydroxylation is 1. The van der Waals surface area contributed by atoms with Crippen LogP contribution in [0.15, 0.2) is 76.8 Å². The summed E-state index contributed by atoms with van der Waals surface area (Å²) < 4.78 is 19.6. The van der Waals surface area contributed by atoms with Crippen LogP contribution in [0.4, 0.5) is 15.8 Å². The van der Waals surface area contributed by atoms with Gasteiger partial charge in [-0.05, 0) is 70.9 Å². The van der Waals surface area contributed by atoms with E-state index in [9.17, 15) is 19.2 Å². The van der Waals surface area contributed by atoms with E-state index in [1.807, 2.05) is 25.1 Å². The van der Waals surface area contributed by atoms with Gasteiger partial charge in [0.2, 0.25) is 0 Å². The predicted molar refractivity (Wildman–Crippen MR) is 128 cm³/mol. The van der Waals surface area contributed by atoms with E-state index >= 15 is 0 Å². The van der Waals surface area contributed by atoms with E-state index < -0.39 is 17.6 Å². The van der Waals surface area contributed by atoms with Gasteiger partial charge in [-0.15, -0.1) is 0 Å². The largest absolute Gasteiger partial charge is 0.483 e. The summed E-state index contributed by atoms with van der Waals surface area (Å²) in [7, 11) is 0. The molecule has 0 aliphatic rings. The molecular formula is C25H19BrFN3O3. The smallest absolute Gasteiger partial charge is 0.266 e. The van der Waals surface area contributed by atoms with Crippen molar-refractivity contribution in [2.45, 2.75) is 6.92 Å². The van der Waals surface area contributed by atoms with Crippen molar-refractivity contribution in [3.63, 3.8) is 0 Å². The Hall–Kier alpha value is -3.96. The first-order valence-corrected chi connectivity index (χ1v) is 10.6. The van der Waals surface area contributed by atoms with Crippen LogP contribution in [0.5, 0.6) is 5.75 Å². The Labute approximate surface area is 198 Å². The zero-order chi connectivity index (χ0) is 23.8. The van der Waals surface area contributed by atoms with Crippen molar-refractivity contribution in [1.29, 1.82) is 5.26 Å². The van der Waals surface area contributed by atoms with Crippen LogP contribution in [0.3, 0.4) is 0 Å². The number of rotatable bonds is 7. The van der Waals surface area contributed by atoms with Gasteiger partial charge in [0.05, 0.1) is 10.2 Å². The van der Waals surface area contributed by atoms with Gasteiger partial charge in [0.15, 0.2) is 6.61 Å². The monoisotopic (exact) mass is 507 g/mol. The molecule has 8 heteroatoms. The molecular weight excluding hydrogens is 489 g/mol. The van der Waals surface area contributed by atoms with Crippen molar-refractivity contribution in [1.82, 2.24) is 0 Å². The van der Waals surface area contributed by atoms with Gasteiger partial charge in [-0.25, -0.2) is 4.39 Å². The van der Waals surface area contributed by atoms with Gasteiger partial charge < -0.3 is 15.4 Å². The first-order valence-electron chi connectivity index (χ1n) is 9.82. The number of nitriles is 1. The molecule has 6 nitrogen and oxygen atoms in total. The van der Waals surface area contributed by atoms with E-state index in [2.05, 4.69) is 26.6 Å². The van der Waals surface area contributed by atoms with Crippen LogP contribution in [0.2, 0.25) is 0 Å². The van der Waals surface area contributed by atoms with E-state index in [0.29, 0.717) is 21.5 Å². The summed E-state index contributed by atoms with van der Waals surface area (Å²) in [6, 6.07) is 19.9. The summed E-state index contributed by atoms with van der Waals surface area (Å²) in [5, 5.41) is 14.5. The van der Waals surface area contributed by atoms with Crippen LogP contribution >= 0.6 is 15.9 Å². The van der Waals surface area contributed by atoms with Gasteiger partial charge in [0.1, 0.15) is 23.2 Å². The standard InChI is InChI=1S/C25H19BrFN3O3/c1-16-6-9-19(10-7-16)29-25(32)18(14-28)12-17-8-11-23(20(26)13-17)33-15-24(31)30-22-5-3-2-4-21(22)27/h2-13H,15H2,1H3,(H,29,32)(H,30,31)/b18-12-. The molecule has 0 aliphatic carbocycles. The number of carbonyl (C=O) groups is 2. The first-order chi connectivity index (χ1) is 15.9. The molecule has 0 unspecified atom stereocenters. The van der Waals surface area contributed by atoms with E-state index in [-0.39, 0.29) is 17.9 Å². The summed E-state index contributed by atoms with van der Waals surface area (Å²) >= 11 is 3.36. The number of nitrogens with one attached hydrogen (secondary N) is 2. The second-order valence-corrected chi connectivity index (χ2v) is 7.85. The average Bonchev–Trinajstić information content (AvgIpc) is 2.80. The average molecular weight is 508 g/mol. The maximum absolute atomic E-state index is 13.6. The zero-order valence-corrected chi connectivity index (χ0v) is 19.1. The molecule has 0 saturated heterocycles. The third-order valence-electron chi connectivity index (χ3n) is 4.45. The molecule has 0 fully saturated rings. The van der Waals surface area contributed by atoms with Crippen molar-refractivity contribution in [3.8, 4) is 11.8 Å². The number of hydrogen-bond acceptors (Lipinski definition) is 4. The lowest BCUT2D eigenvalue weighted by molar-refractivity contribution is -0.118. The van der Waals surface area contributed by atoms with Crippen molar-refractivity contribution in [2.75, 3.05) is 17.2 Å². The Bertz CT molecular complexity index is 1250. The Kier molecular flexibility index (Phi) is 7.95. The number of para-hydroxylation sites is 1. The molecule has 166 valence electrons. The molecule has 3 aromatic rings.